The summed E-state index contributed by atoms with van der Waals surface area (Å²) in [5, 5.41) is 4.20. The molecule has 0 aromatic carbocycles. The topological polar surface area (TPSA) is 47.8 Å². The first-order chi connectivity index (χ1) is 10.7. The van der Waals surface area contributed by atoms with E-state index in [2.05, 4.69) is 23.2 Å². The summed E-state index contributed by atoms with van der Waals surface area (Å²) in [6, 6.07) is 5.71. The number of rotatable bonds is 4. The molecule has 2 aromatic rings. The van der Waals surface area contributed by atoms with E-state index < -0.39 is 0 Å². The van der Waals surface area contributed by atoms with Crippen LogP contribution in [0, 0.1) is 19.0 Å². The molecule has 0 N–H and O–H groups in total. The summed E-state index contributed by atoms with van der Waals surface area (Å²) in [5.74, 6) is 1.74. The maximum Gasteiger partial charge on any atom is 1.00 e. The molecule has 0 amide bonds. The molecular formula is C17H22LiN3OS-2. The van der Waals surface area contributed by atoms with Gasteiger partial charge in [0.1, 0.15) is 0 Å². The summed E-state index contributed by atoms with van der Waals surface area (Å²) in [4.78, 5) is 13.4. The monoisotopic (exact) mass is 323 g/mol. The standard InChI is InChI=1S/C9H8N3.C4H7OS.C4H7.Li/c1-12-6-4-9(11-12)8-3-2-5-10-7-8;1-6-4-2-3-5;1-4-2-3-4;/h2-5,7H,1H3;2,4H2,1H3;4H,1-3H2;/q3*-1;+1. The molecule has 1 fully saturated rings. The minimum atomic E-state index is 0. The summed E-state index contributed by atoms with van der Waals surface area (Å²) in [7, 11) is 1.85. The van der Waals surface area contributed by atoms with Gasteiger partial charge in [-0.2, -0.15) is 23.7 Å². The minimum Gasteiger partial charge on any atom is -0.542 e. The maximum atomic E-state index is 9.43. The van der Waals surface area contributed by atoms with E-state index in [1.54, 1.807) is 35.1 Å². The number of hydrogen-bond acceptors (Lipinski definition) is 4. The van der Waals surface area contributed by atoms with Crippen molar-refractivity contribution in [3.8, 4) is 11.3 Å². The van der Waals surface area contributed by atoms with Crippen molar-refractivity contribution in [3.05, 3.63) is 43.7 Å². The van der Waals surface area contributed by atoms with Gasteiger partial charge >= 0.3 is 18.9 Å². The Morgan fingerprint density at radius 2 is 2.22 bits per heavy atom. The van der Waals surface area contributed by atoms with Crippen molar-refractivity contribution in [2.24, 2.45) is 13.0 Å². The Kier molecular flexibility index (Phi) is 12.8. The van der Waals surface area contributed by atoms with E-state index in [0.29, 0.717) is 6.42 Å². The van der Waals surface area contributed by atoms with Crippen LogP contribution in [0.4, 0.5) is 0 Å². The molecule has 0 bridgehead atoms. The Hall–Kier alpha value is -1.02. The van der Waals surface area contributed by atoms with E-state index in [1.807, 2.05) is 31.5 Å². The van der Waals surface area contributed by atoms with Crippen molar-refractivity contribution < 1.29 is 23.7 Å². The third kappa shape index (κ3) is 11.2. The van der Waals surface area contributed by atoms with Crippen molar-refractivity contribution in [1.29, 1.82) is 0 Å². The van der Waals surface area contributed by atoms with Gasteiger partial charge in [-0.15, -0.1) is 12.6 Å². The smallest absolute Gasteiger partial charge is 0.542 e. The molecule has 6 heteroatoms. The van der Waals surface area contributed by atoms with Gasteiger partial charge in [-0.1, -0.05) is 30.2 Å². The largest absolute Gasteiger partial charge is 1.00 e. The first kappa shape index (κ1) is 22.0. The predicted molar refractivity (Wildman–Crippen MR) is 92.0 cm³/mol. The minimum absolute atomic E-state index is 0. The zero-order valence-electron chi connectivity index (χ0n) is 14.2. The van der Waals surface area contributed by atoms with Crippen LogP contribution in [0.25, 0.3) is 11.3 Å². The second kappa shape index (κ2) is 13.4. The molecule has 0 spiro atoms. The van der Waals surface area contributed by atoms with Gasteiger partial charge in [0, 0.05) is 19.4 Å². The van der Waals surface area contributed by atoms with Crippen LogP contribution in [0.1, 0.15) is 19.3 Å². The molecule has 1 saturated carbocycles. The third-order valence-corrected chi connectivity index (χ3v) is 3.32. The van der Waals surface area contributed by atoms with E-state index in [0.717, 1.165) is 22.9 Å². The molecule has 120 valence electrons. The number of hydrogen-bond donors (Lipinski definition) is 0. The van der Waals surface area contributed by atoms with Gasteiger partial charge in [0.2, 0.25) is 0 Å². The fourth-order valence-electron chi connectivity index (χ4n) is 1.29. The second-order valence-electron chi connectivity index (χ2n) is 4.85. The zero-order chi connectivity index (χ0) is 16.2. The normalized spacial score (nSPS) is 12.0. The quantitative estimate of drug-likeness (QED) is 0.463. The predicted octanol–water partition coefficient (Wildman–Crippen LogP) is 0.366. The van der Waals surface area contributed by atoms with E-state index in [-0.39, 0.29) is 18.9 Å². The first-order valence-electron chi connectivity index (χ1n) is 7.16. The van der Waals surface area contributed by atoms with Crippen molar-refractivity contribution in [2.45, 2.75) is 19.3 Å². The van der Waals surface area contributed by atoms with Crippen LogP contribution >= 0.6 is 11.8 Å². The van der Waals surface area contributed by atoms with Gasteiger partial charge in [0.05, 0.1) is 0 Å². The first-order valence-corrected chi connectivity index (χ1v) is 8.56. The SMILES string of the molecule is CSCC[C-]=O.Cn1[c-]cc(-c2cccnc2)n1.[CH2-]C1CC1.[Li+]. The van der Waals surface area contributed by atoms with Crippen LogP contribution < -0.4 is 18.9 Å². The Morgan fingerprint density at radius 1 is 1.52 bits per heavy atom. The number of aromatic nitrogens is 3. The average Bonchev–Trinajstić information content (AvgIpc) is 3.21. The second-order valence-corrected chi connectivity index (χ2v) is 5.84. The molecule has 2 aromatic heterocycles. The van der Waals surface area contributed by atoms with Gasteiger partial charge in [-0.05, 0) is 18.1 Å². The summed E-state index contributed by atoms with van der Waals surface area (Å²) in [6.07, 6.45) is 13.6. The summed E-state index contributed by atoms with van der Waals surface area (Å²) in [5.41, 5.74) is 1.93. The van der Waals surface area contributed by atoms with E-state index in [4.69, 9.17) is 0 Å². The molecule has 1 aliphatic carbocycles. The van der Waals surface area contributed by atoms with Crippen LogP contribution in [0.3, 0.4) is 0 Å². The van der Waals surface area contributed by atoms with Crippen LogP contribution in [0.15, 0.2) is 30.6 Å². The summed E-state index contributed by atoms with van der Waals surface area (Å²) < 4.78 is 1.66. The third-order valence-electron chi connectivity index (χ3n) is 2.71. The number of pyridine rings is 1. The van der Waals surface area contributed by atoms with E-state index >= 15 is 0 Å². The van der Waals surface area contributed by atoms with Gasteiger partial charge in [0.15, 0.2) is 0 Å². The molecule has 0 atom stereocenters. The molecule has 0 radical (unpaired) electrons. The Labute approximate surface area is 155 Å². The molecule has 1 aliphatic rings. The molecule has 3 rings (SSSR count). The molecule has 2 heterocycles. The number of carbonyl (C=O) groups excluding carboxylic acids is 1. The van der Waals surface area contributed by atoms with Gasteiger partial charge in [0.25, 0.3) is 0 Å². The fourth-order valence-corrected chi connectivity index (χ4v) is 1.58. The van der Waals surface area contributed by atoms with Crippen LogP contribution in [-0.2, 0) is 11.8 Å². The average molecular weight is 323 g/mol. The van der Waals surface area contributed by atoms with E-state index in [1.165, 1.54) is 12.8 Å². The molecule has 0 aliphatic heterocycles. The van der Waals surface area contributed by atoms with Crippen molar-refractivity contribution in [3.63, 3.8) is 0 Å². The van der Waals surface area contributed by atoms with Crippen LogP contribution in [0.5, 0.6) is 0 Å². The molecule has 4 nitrogen and oxygen atoms in total. The summed E-state index contributed by atoms with van der Waals surface area (Å²) >= 11 is 1.66. The number of thioether (sulfide) groups is 1. The van der Waals surface area contributed by atoms with Crippen LogP contribution in [0.2, 0.25) is 0 Å². The van der Waals surface area contributed by atoms with Crippen molar-refractivity contribution in [1.82, 2.24) is 14.8 Å². The van der Waals surface area contributed by atoms with E-state index in [9.17, 15) is 4.79 Å². The van der Waals surface area contributed by atoms with Crippen molar-refractivity contribution in [2.75, 3.05) is 12.0 Å². The summed E-state index contributed by atoms with van der Waals surface area (Å²) in [6.45, 7) is 3.75. The Morgan fingerprint density at radius 3 is 2.57 bits per heavy atom. The van der Waals surface area contributed by atoms with Crippen LogP contribution in [-0.4, -0.2) is 33.1 Å². The Balaban J connectivity index is 0.000000371. The number of nitrogens with zero attached hydrogens (tertiary/aromatic N) is 3. The maximum absolute atomic E-state index is 9.43. The van der Waals surface area contributed by atoms with Gasteiger partial charge in [-0.25, -0.2) is 0 Å². The fraction of sp³-hybridized carbons (Fsp3) is 0.412. The van der Waals surface area contributed by atoms with Crippen molar-refractivity contribution >= 4 is 18.0 Å². The van der Waals surface area contributed by atoms with Gasteiger partial charge < -0.3 is 16.4 Å². The number of aryl methyl sites for hydroxylation is 1. The Bertz CT molecular complexity index is 530. The zero-order valence-corrected chi connectivity index (χ0v) is 15.0. The molecule has 23 heavy (non-hydrogen) atoms. The van der Waals surface area contributed by atoms with Gasteiger partial charge in [-0.3, -0.25) is 16.4 Å². The molecular weight excluding hydrogens is 301 g/mol. The molecule has 0 saturated heterocycles. The molecule has 0 unspecified atom stereocenters.